The molecule has 6 nitrogen and oxygen atoms in total. The summed E-state index contributed by atoms with van der Waals surface area (Å²) in [6.45, 7) is 2.08. The number of fused-ring (bicyclic) bond motifs is 1. The van der Waals surface area contributed by atoms with Crippen molar-refractivity contribution in [2.45, 2.75) is 13.5 Å². The average molecular weight is 327 g/mol. The molecule has 0 fully saturated rings. The van der Waals surface area contributed by atoms with Crippen molar-refractivity contribution < 1.29 is 23.8 Å². The van der Waals surface area contributed by atoms with Crippen molar-refractivity contribution in [1.82, 2.24) is 5.32 Å². The first-order chi connectivity index (χ1) is 11.6. The van der Waals surface area contributed by atoms with Gasteiger partial charge in [0.15, 0.2) is 11.5 Å². The molecular formula is C18H17NO5. The van der Waals surface area contributed by atoms with Crippen molar-refractivity contribution >= 4 is 11.9 Å². The van der Waals surface area contributed by atoms with Gasteiger partial charge in [-0.05, 0) is 36.2 Å². The average Bonchev–Trinajstić information content (AvgIpc) is 3.06. The lowest BCUT2D eigenvalue weighted by Crippen LogP contribution is -2.30. The molecule has 1 N–H and O–H groups in total. The van der Waals surface area contributed by atoms with E-state index in [0.717, 1.165) is 11.1 Å². The SMILES string of the molecule is Cc1ccccc1COC(=O)CNC(=O)c1ccc2c(c1)OCO2. The van der Waals surface area contributed by atoms with Crippen molar-refractivity contribution in [3.63, 3.8) is 0 Å². The van der Waals surface area contributed by atoms with Crippen LogP contribution in [0.4, 0.5) is 0 Å². The van der Waals surface area contributed by atoms with Crippen molar-refractivity contribution in [1.29, 1.82) is 0 Å². The molecule has 24 heavy (non-hydrogen) atoms. The predicted octanol–water partition coefficient (Wildman–Crippen LogP) is 2.20. The Kier molecular flexibility index (Phi) is 4.65. The summed E-state index contributed by atoms with van der Waals surface area (Å²) < 4.78 is 15.6. The third-order valence-electron chi connectivity index (χ3n) is 3.68. The van der Waals surface area contributed by atoms with E-state index in [-0.39, 0.29) is 25.9 Å². The molecule has 1 aliphatic rings. The van der Waals surface area contributed by atoms with Crippen LogP contribution in [0.3, 0.4) is 0 Å². The zero-order valence-corrected chi connectivity index (χ0v) is 13.2. The van der Waals surface area contributed by atoms with E-state index in [2.05, 4.69) is 5.32 Å². The van der Waals surface area contributed by atoms with Crippen LogP contribution in [0.5, 0.6) is 11.5 Å². The third-order valence-corrected chi connectivity index (χ3v) is 3.68. The zero-order chi connectivity index (χ0) is 16.9. The summed E-state index contributed by atoms with van der Waals surface area (Å²) in [5.74, 6) is 0.252. The Hall–Kier alpha value is -3.02. The summed E-state index contributed by atoms with van der Waals surface area (Å²) in [7, 11) is 0. The van der Waals surface area contributed by atoms with Crippen molar-refractivity contribution in [2.24, 2.45) is 0 Å². The number of hydrogen-bond donors (Lipinski definition) is 1. The Bertz CT molecular complexity index is 772. The molecular weight excluding hydrogens is 310 g/mol. The summed E-state index contributed by atoms with van der Waals surface area (Å²) >= 11 is 0. The van der Waals surface area contributed by atoms with Crippen LogP contribution in [-0.4, -0.2) is 25.2 Å². The van der Waals surface area contributed by atoms with Crippen LogP contribution < -0.4 is 14.8 Å². The van der Waals surface area contributed by atoms with Crippen molar-refractivity contribution in [3.05, 3.63) is 59.2 Å². The van der Waals surface area contributed by atoms with Gasteiger partial charge in [-0.25, -0.2) is 0 Å². The lowest BCUT2D eigenvalue weighted by atomic mass is 10.1. The highest BCUT2D eigenvalue weighted by Gasteiger charge is 2.16. The quantitative estimate of drug-likeness (QED) is 0.852. The molecule has 3 rings (SSSR count). The number of esters is 1. The van der Waals surface area contributed by atoms with E-state index in [1.54, 1.807) is 18.2 Å². The van der Waals surface area contributed by atoms with E-state index in [4.69, 9.17) is 14.2 Å². The second-order valence-corrected chi connectivity index (χ2v) is 5.34. The lowest BCUT2D eigenvalue weighted by molar-refractivity contribution is -0.143. The number of benzene rings is 2. The summed E-state index contributed by atoms with van der Waals surface area (Å²) in [6, 6.07) is 12.5. The minimum absolute atomic E-state index is 0.144. The smallest absolute Gasteiger partial charge is 0.325 e. The van der Waals surface area contributed by atoms with Gasteiger partial charge in [0.2, 0.25) is 6.79 Å². The second-order valence-electron chi connectivity index (χ2n) is 5.34. The van der Waals surface area contributed by atoms with E-state index in [1.807, 2.05) is 31.2 Å². The molecule has 0 atom stereocenters. The Morgan fingerprint density at radius 3 is 2.75 bits per heavy atom. The normalized spacial score (nSPS) is 11.9. The fourth-order valence-electron chi connectivity index (χ4n) is 2.27. The molecule has 0 spiro atoms. The molecule has 1 heterocycles. The van der Waals surface area contributed by atoms with Crippen LogP contribution in [0.15, 0.2) is 42.5 Å². The van der Waals surface area contributed by atoms with Gasteiger partial charge < -0.3 is 19.5 Å². The van der Waals surface area contributed by atoms with Crippen molar-refractivity contribution in [3.8, 4) is 11.5 Å². The first-order valence-corrected chi connectivity index (χ1v) is 7.51. The lowest BCUT2D eigenvalue weighted by Gasteiger charge is -2.08. The maximum absolute atomic E-state index is 12.1. The highest BCUT2D eigenvalue weighted by Crippen LogP contribution is 2.32. The Labute approximate surface area is 139 Å². The molecule has 1 aliphatic heterocycles. The molecule has 0 aromatic heterocycles. The monoisotopic (exact) mass is 327 g/mol. The topological polar surface area (TPSA) is 73.9 Å². The molecule has 2 aromatic rings. The fourth-order valence-corrected chi connectivity index (χ4v) is 2.27. The van der Waals surface area contributed by atoms with Crippen LogP contribution in [0.2, 0.25) is 0 Å². The first-order valence-electron chi connectivity index (χ1n) is 7.51. The molecule has 0 radical (unpaired) electrons. The van der Waals surface area contributed by atoms with Gasteiger partial charge >= 0.3 is 5.97 Å². The summed E-state index contributed by atoms with van der Waals surface area (Å²) in [5.41, 5.74) is 2.38. The van der Waals surface area contributed by atoms with E-state index in [1.165, 1.54) is 0 Å². The molecule has 0 saturated carbocycles. The number of aryl methyl sites for hydroxylation is 1. The van der Waals surface area contributed by atoms with Crippen LogP contribution >= 0.6 is 0 Å². The predicted molar refractivity (Wildman–Crippen MR) is 85.9 cm³/mol. The van der Waals surface area contributed by atoms with E-state index >= 15 is 0 Å². The van der Waals surface area contributed by atoms with Gasteiger partial charge in [-0.15, -0.1) is 0 Å². The molecule has 124 valence electrons. The molecule has 2 aromatic carbocycles. The first kappa shape index (κ1) is 15.9. The second kappa shape index (κ2) is 7.04. The number of carbonyl (C=O) groups excluding carboxylic acids is 2. The van der Waals surface area contributed by atoms with Crippen LogP contribution in [0.25, 0.3) is 0 Å². The van der Waals surface area contributed by atoms with E-state index in [9.17, 15) is 9.59 Å². The van der Waals surface area contributed by atoms with Crippen molar-refractivity contribution in [2.75, 3.05) is 13.3 Å². The van der Waals surface area contributed by atoms with E-state index in [0.29, 0.717) is 17.1 Å². The number of amides is 1. The highest BCUT2D eigenvalue weighted by molar-refractivity contribution is 5.96. The maximum Gasteiger partial charge on any atom is 0.325 e. The third kappa shape index (κ3) is 3.65. The summed E-state index contributed by atoms with van der Waals surface area (Å²) in [6.07, 6.45) is 0. The maximum atomic E-state index is 12.1. The molecule has 6 heteroatoms. The number of nitrogens with one attached hydrogen (secondary N) is 1. The van der Waals surface area contributed by atoms with Gasteiger partial charge in [0.25, 0.3) is 5.91 Å². The Morgan fingerprint density at radius 1 is 1.12 bits per heavy atom. The number of rotatable bonds is 5. The van der Waals surface area contributed by atoms with Crippen LogP contribution in [0, 0.1) is 6.92 Å². The van der Waals surface area contributed by atoms with Gasteiger partial charge in [-0.1, -0.05) is 24.3 Å². The number of carbonyl (C=O) groups is 2. The minimum atomic E-state index is -0.493. The molecule has 0 unspecified atom stereocenters. The standard InChI is InChI=1S/C18H17NO5/c1-12-4-2-3-5-14(12)10-22-17(20)9-19-18(21)13-6-7-15-16(8-13)24-11-23-15/h2-8H,9-11H2,1H3,(H,19,21). The van der Waals surface area contributed by atoms with Crippen LogP contribution in [-0.2, 0) is 16.1 Å². The molecule has 0 aliphatic carbocycles. The van der Waals surface area contributed by atoms with Gasteiger partial charge in [-0.2, -0.15) is 0 Å². The van der Waals surface area contributed by atoms with Crippen LogP contribution in [0.1, 0.15) is 21.5 Å². The Balaban J connectivity index is 1.49. The summed E-state index contributed by atoms with van der Waals surface area (Å²) in [4.78, 5) is 23.8. The van der Waals surface area contributed by atoms with E-state index < -0.39 is 5.97 Å². The van der Waals surface area contributed by atoms with Gasteiger partial charge in [0.1, 0.15) is 13.2 Å². The Morgan fingerprint density at radius 2 is 1.92 bits per heavy atom. The van der Waals surface area contributed by atoms with Gasteiger partial charge in [0.05, 0.1) is 0 Å². The fraction of sp³-hybridized carbons (Fsp3) is 0.222. The molecule has 0 saturated heterocycles. The number of ether oxygens (including phenoxy) is 3. The molecule has 0 bridgehead atoms. The van der Waals surface area contributed by atoms with Gasteiger partial charge in [-0.3, -0.25) is 9.59 Å². The minimum Gasteiger partial charge on any atom is -0.459 e. The van der Waals surface area contributed by atoms with Gasteiger partial charge in [0, 0.05) is 5.56 Å². The summed E-state index contributed by atoms with van der Waals surface area (Å²) in [5, 5.41) is 2.53. The molecule has 1 amide bonds. The number of hydrogen-bond acceptors (Lipinski definition) is 5. The zero-order valence-electron chi connectivity index (χ0n) is 13.2. The largest absolute Gasteiger partial charge is 0.459 e. The highest BCUT2D eigenvalue weighted by atomic mass is 16.7.